The van der Waals surface area contributed by atoms with E-state index in [1.807, 2.05) is 30.3 Å². The molecular weight excluding hydrogens is 354 g/mol. The van der Waals surface area contributed by atoms with E-state index in [1.54, 1.807) is 0 Å². The molecule has 5 heteroatoms. The Labute approximate surface area is 168 Å². The lowest BCUT2D eigenvalue weighted by Crippen LogP contribution is -2.68. The number of fused-ring (bicyclic) bond motifs is 2. The molecule has 3 rings (SSSR count). The van der Waals surface area contributed by atoms with Crippen molar-refractivity contribution in [2.45, 2.75) is 45.6 Å². The van der Waals surface area contributed by atoms with Gasteiger partial charge in [0.05, 0.1) is 12.7 Å². The number of carbonyl (C=O) groups is 1. The molecule has 2 bridgehead atoms. The topological polar surface area (TPSA) is 81.0 Å². The van der Waals surface area contributed by atoms with Crippen molar-refractivity contribution in [3.8, 4) is 0 Å². The highest BCUT2D eigenvalue weighted by Gasteiger charge is 2.59. The van der Waals surface area contributed by atoms with Gasteiger partial charge >= 0.3 is 0 Å². The van der Waals surface area contributed by atoms with E-state index < -0.39 is 16.9 Å². The van der Waals surface area contributed by atoms with E-state index in [-0.39, 0.29) is 31.3 Å². The molecule has 0 radical (unpaired) electrons. The standard InChI is InChI=1S/C23H35NO4/c1-17(2)8-19(13-25)12-24-14-22(9-18-6-4-3-5-7-18)10-20(27)11-23(15-24,16-26)21(22)28/h3-7,17,19,21,25-26,28H,8-16H2,1-2H3/t19?,21?,22-,23+/m1/s1. The number of aliphatic hydroxyl groups is 3. The third kappa shape index (κ3) is 4.33. The smallest absolute Gasteiger partial charge is 0.134 e. The number of rotatable bonds is 8. The molecular formula is C23H35NO4. The van der Waals surface area contributed by atoms with E-state index in [2.05, 4.69) is 18.7 Å². The largest absolute Gasteiger partial charge is 0.396 e. The maximum Gasteiger partial charge on any atom is 0.134 e. The average molecular weight is 390 g/mol. The van der Waals surface area contributed by atoms with E-state index in [0.717, 1.165) is 18.5 Å². The number of nitrogens with zero attached hydrogens (tertiary/aromatic N) is 1. The third-order valence-electron chi connectivity index (χ3n) is 6.63. The zero-order valence-electron chi connectivity index (χ0n) is 17.2. The molecule has 3 N–H and O–H groups in total. The Morgan fingerprint density at radius 2 is 1.75 bits per heavy atom. The van der Waals surface area contributed by atoms with Crippen LogP contribution < -0.4 is 0 Å². The van der Waals surface area contributed by atoms with Crippen LogP contribution in [0.25, 0.3) is 0 Å². The summed E-state index contributed by atoms with van der Waals surface area (Å²) in [5, 5.41) is 31.4. The average Bonchev–Trinajstić information content (AvgIpc) is 2.64. The van der Waals surface area contributed by atoms with Gasteiger partial charge in [0.15, 0.2) is 0 Å². The van der Waals surface area contributed by atoms with Crippen molar-refractivity contribution in [1.29, 1.82) is 0 Å². The number of carbonyl (C=O) groups excluding carboxylic acids is 1. The lowest BCUT2D eigenvalue weighted by Gasteiger charge is -2.58. The Hall–Kier alpha value is -1.27. The molecule has 0 amide bonds. The maximum atomic E-state index is 12.6. The number of hydrogen-bond donors (Lipinski definition) is 3. The molecule has 1 saturated heterocycles. The van der Waals surface area contributed by atoms with Crippen LogP contribution in [0.5, 0.6) is 0 Å². The minimum atomic E-state index is -0.805. The maximum absolute atomic E-state index is 12.6. The molecule has 2 aliphatic rings. The van der Waals surface area contributed by atoms with E-state index in [9.17, 15) is 20.1 Å². The van der Waals surface area contributed by atoms with Gasteiger partial charge in [-0.2, -0.15) is 0 Å². The van der Waals surface area contributed by atoms with Gasteiger partial charge in [-0.1, -0.05) is 44.2 Å². The van der Waals surface area contributed by atoms with Crippen LogP contribution >= 0.6 is 0 Å². The molecule has 1 aromatic carbocycles. The van der Waals surface area contributed by atoms with Crippen LogP contribution in [-0.2, 0) is 11.2 Å². The SMILES string of the molecule is CC(C)CC(CO)CN1C[C@]2(CO)CC(=O)C[C@](Cc3ccccc3)(C1)C2O. The van der Waals surface area contributed by atoms with Crippen LogP contribution in [0.2, 0.25) is 0 Å². The first-order valence-electron chi connectivity index (χ1n) is 10.5. The van der Waals surface area contributed by atoms with Crippen LogP contribution in [0.1, 0.15) is 38.7 Å². The van der Waals surface area contributed by atoms with E-state index >= 15 is 0 Å². The zero-order chi connectivity index (χ0) is 20.4. The number of piperidine rings is 1. The molecule has 1 aliphatic heterocycles. The molecule has 1 aliphatic carbocycles. The molecule has 0 aromatic heterocycles. The van der Waals surface area contributed by atoms with Gasteiger partial charge in [0, 0.05) is 49.9 Å². The number of likely N-dealkylation sites (tertiary alicyclic amines) is 1. The molecule has 4 atom stereocenters. The molecule has 1 heterocycles. The first-order valence-corrected chi connectivity index (χ1v) is 10.5. The van der Waals surface area contributed by atoms with Crippen LogP contribution in [0, 0.1) is 22.7 Å². The zero-order valence-corrected chi connectivity index (χ0v) is 17.2. The van der Waals surface area contributed by atoms with E-state index in [4.69, 9.17) is 0 Å². The predicted molar refractivity (Wildman–Crippen MR) is 109 cm³/mol. The second-order valence-corrected chi connectivity index (χ2v) is 9.69. The predicted octanol–water partition coefficient (Wildman–Crippen LogP) is 1.89. The van der Waals surface area contributed by atoms with Crippen LogP contribution in [0.15, 0.2) is 30.3 Å². The fraction of sp³-hybridized carbons (Fsp3) is 0.696. The van der Waals surface area contributed by atoms with Crippen molar-refractivity contribution in [3.63, 3.8) is 0 Å². The van der Waals surface area contributed by atoms with Gasteiger partial charge in [-0.15, -0.1) is 0 Å². The van der Waals surface area contributed by atoms with Crippen LogP contribution in [-0.4, -0.2) is 65.0 Å². The molecule has 2 unspecified atom stereocenters. The van der Waals surface area contributed by atoms with Crippen LogP contribution in [0.3, 0.4) is 0 Å². The molecule has 0 spiro atoms. The van der Waals surface area contributed by atoms with Crippen LogP contribution in [0.4, 0.5) is 0 Å². The number of ketones is 1. The molecule has 5 nitrogen and oxygen atoms in total. The van der Waals surface area contributed by atoms with Crippen molar-refractivity contribution in [2.24, 2.45) is 22.7 Å². The number of Topliss-reactive ketones (excluding diaryl/α,β-unsaturated/α-hetero) is 1. The molecule has 1 aromatic rings. The van der Waals surface area contributed by atoms with Gasteiger partial charge in [-0.3, -0.25) is 4.79 Å². The number of benzene rings is 1. The minimum Gasteiger partial charge on any atom is -0.396 e. The van der Waals surface area contributed by atoms with Gasteiger partial charge in [-0.25, -0.2) is 0 Å². The second kappa shape index (κ2) is 8.62. The van der Waals surface area contributed by atoms with Crippen molar-refractivity contribution < 1.29 is 20.1 Å². The lowest BCUT2D eigenvalue weighted by atomic mass is 9.55. The minimum absolute atomic E-state index is 0.133. The van der Waals surface area contributed by atoms with Crippen molar-refractivity contribution in [2.75, 3.05) is 32.8 Å². The summed E-state index contributed by atoms with van der Waals surface area (Å²) >= 11 is 0. The van der Waals surface area contributed by atoms with Gasteiger partial charge in [0.1, 0.15) is 5.78 Å². The van der Waals surface area contributed by atoms with Crippen molar-refractivity contribution >= 4 is 5.78 Å². The van der Waals surface area contributed by atoms with E-state index in [1.165, 1.54) is 0 Å². The number of hydrogen-bond acceptors (Lipinski definition) is 5. The van der Waals surface area contributed by atoms with Gasteiger partial charge in [0.2, 0.25) is 0 Å². The Morgan fingerprint density at radius 3 is 2.36 bits per heavy atom. The highest BCUT2D eigenvalue weighted by molar-refractivity contribution is 5.81. The quantitative estimate of drug-likeness (QED) is 0.633. The summed E-state index contributed by atoms with van der Waals surface area (Å²) in [6.45, 7) is 6.10. The lowest BCUT2D eigenvalue weighted by molar-refractivity contribution is -0.187. The van der Waals surface area contributed by atoms with Gasteiger partial charge in [0.25, 0.3) is 0 Å². The summed E-state index contributed by atoms with van der Waals surface area (Å²) in [7, 11) is 0. The normalized spacial score (nSPS) is 31.9. The Bertz CT molecular complexity index is 664. The Balaban J connectivity index is 1.89. The summed E-state index contributed by atoms with van der Waals surface area (Å²) in [4.78, 5) is 14.9. The summed E-state index contributed by atoms with van der Waals surface area (Å²) in [6, 6.07) is 10.00. The highest BCUT2D eigenvalue weighted by atomic mass is 16.3. The Kier molecular flexibility index (Phi) is 6.60. The third-order valence-corrected chi connectivity index (χ3v) is 6.63. The molecule has 28 heavy (non-hydrogen) atoms. The van der Waals surface area contributed by atoms with Crippen molar-refractivity contribution in [3.05, 3.63) is 35.9 Å². The summed E-state index contributed by atoms with van der Waals surface area (Å²) in [6.07, 6.45) is 1.41. The number of aliphatic hydroxyl groups excluding tert-OH is 3. The summed E-state index contributed by atoms with van der Waals surface area (Å²) < 4.78 is 0. The molecule has 156 valence electrons. The second-order valence-electron chi connectivity index (χ2n) is 9.69. The fourth-order valence-corrected chi connectivity index (χ4v) is 5.70. The monoisotopic (exact) mass is 389 g/mol. The van der Waals surface area contributed by atoms with Crippen molar-refractivity contribution in [1.82, 2.24) is 4.90 Å². The first kappa shape index (κ1) is 21.4. The van der Waals surface area contributed by atoms with Gasteiger partial charge < -0.3 is 20.2 Å². The summed E-state index contributed by atoms with van der Waals surface area (Å²) in [5.41, 5.74) is -0.291. The molecule has 1 saturated carbocycles. The van der Waals surface area contributed by atoms with E-state index in [0.29, 0.717) is 31.8 Å². The summed E-state index contributed by atoms with van der Waals surface area (Å²) in [5.74, 6) is 0.797. The highest BCUT2D eigenvalue weighted by Crippen LogP contribution is 2.51. The van der Waals surface area contributed by atoms with Gasteiger partial charge in [-0.05, 0) is 30.2 Å². The molecule has 2 fully saturated rings. The fourth-order valence-electron chi connectivity index (χ4n) is 5.70. The first-order chi connectivity index (χ1) is 13.3. The Morgan fingerprint density at radius 1 is 1.11 bits per heavy atom.